The zero-order valence-corrected chi connectivity index (χ0v) is 15.3. The number of amides is 2. The monoisotopic (exact) mass is 347 g/mol. The van der Waals surface area contributed by atoms with Gasteiger partial charge >= 0.3 is 0 Å². The van der Waals surface area contributed by atoms with Crippen molar-refractivity contribution in [2.75, 3.05) is 45.9 Å². The number of nitrogens with zero attached hydrogens (tertiary/aromatic N) is 2. The Kier molecular flexibility index (Phi) is 7.88. The van der Waals surface area contributed by atoms with Gasteiger partial charge in [-0.15, -0.1) is 0 Å². The summed E-state index contributed by atoms with van der Waals surface area (Å²) in [5.41, 5.74) is 2.27. The minimum absolute atomic E-state index is 0.0137. The molecule has 1 N–H and O–H groups in total. The Morgan fingerprint density at radius 3 is 2.68 bits per heavy atom. The molecule has 1 aromatic carbocycles. The molecule has 0 unspecified atom stereocenters. The van der Waals surface area contributed by atoms with Crippen LogP contribution in [0.25, 0.3) is 0 Å². The lowest BCUT2D eigenvalue weighted by atomic mass is 10.1. The molecule has 0 spiro atoms. The number of rotatable bonds is 8. The molecule has 138 valence electrons. The van der Waals surface area contributed by atoms with Crippen LogP contribution in [0.5, 0.6) is 0 Å². The molecule has 1 aliphatic rings. The van der Waals surface area contributed by atoms with Gasteiger partial charge in [0.1, 0.15) is 0 Å². The molecule has 0 radical (unpaired) electrons. The second-order valence-electron chi connectivity index (χ2n) is 6.48. The second kappa shape index (κ2) is 10.2. The van der Waals surface area contributed by atoms with E-state index in [0.29, 0.717) is 26.1 Å². The van der Waals surface area contributed by atoms with Gasteiger partial charge in [-0.2, -0.15) is 0 Å². The van der Waals surface area contributed by atoms with Crippen LogP contribution in [0.1, 0.15) is 24.5 Å². The minimum Gasteiger partial charge on any atom is -0.379 e. The number of benzene rings is 1. The van der Waals surface area contributed by atoms with E-state index in [4.69, 9.17) is 4.74 Å². The Labute approximate surface area is 150 Å². The van der Waals surface area contributed by atoms with Crippen LogP contribution in [0.2, 0.25) is 0 Å². The number of morpholine rings is 1. The molecule has 1 saturated heterocycles. The van der Waals surface area contributed by atoms with E-state index in [2.05, 4.69) is 16.3 Å². The van der Waals surface area contributed by atoms with E-state index in [1.54, 1.807) is 11.8 Å². The molecular weight excluding hydrogens is 318 g/mol. The van der Waals surface area contributed by atoms with E-state index in [9.17, 15) is 9.59 Å². The predicted octanol–water partition coefficient (Wildman–Crippen LogP) is 1.18. The fourth-order valence-electron chi connectivity index (χ4n) is 2.86. The summed E-state index contributed by atoms with van der Waals surface area (Å²) in [5.74, 6) is -0.0149. The lowest BCUT2D eigenvalue weighted by Gasteiger charge is -2.29. The fraction of sp³-hybridized carbons (Fsp3) is 0.579. The first-order valence-corrected chi connectivity index (χ1v) is 8.92. The first-order valence-electron chi connectivity index (χ1n) is 8.92. The molecular formula is C19H29N3O3. The molecule has 1 aromatic rings. The van der Waals surface area contributed by atoms with Crippen LogP contribution in [0.4, 0.5) is 0 Å². The molecule has 0 aromatic heterocycles. The molecule has 0 atom stereocenters. The highest BCUT2D eigenvalue weighted by Gasteiger charge is 2.15. The van der Waals surface area contributed by atoms with Crippen LogP contribution in [-0.4, -0.2) is 67.6 Å². The van der Waals surface area contributed by atoms with Gasteiger partial charge in [0.25, 0.3) is 0 Å². The predicted molar refractivity (Wildman–Crippen MR) is 97.2 cm³/mol. The highest BCUT2D eigenvalue weighted by Crippen LogP contribution is 2.04. The average Bonchev–Trinajstić information content (AvgIpc) is 2.60. The number of carbonyl (C=O) groups is 2. The number of hydrogen-bond acceptors (Lipinski definition) is 4. The molecule has 0 saturated carbocycles. The van der Waals surface area contributed by atoms with Gasteiger partial charge in [-0.05, 0) is 12.5 Å². The number of carbonyl (C=O) groups excluding carboxylic acids is 2. The Bertz CT molecular complexity index is 571. The van der Waals surface area contributed by atoms with Gasteiger partial charge < -0.3 is 15.0 Å². The summed E-state index contributed by atoms with van der Waals surface area (Å²) in [5, 5.41) is 2.92. The molecule has 1 aliphatic heterocycles. The van der Waals surface area contributed by atoms with Gasteiger partial charge in [-0.3, -0.25) is 14.5 Å². The molecule has 2 amide bonds. The Hall–Kier alpha value is -1.92. The van der Waals surface area contributed by atoms with Crippen molar-refractivity contribution < 1.29 is 14.3 Å². The minimum atomic E-state index is -0.0286. The van der Waals surface area contributed by atoms with Crippen LogP contribution in [0, 0.1) is 6.92 Å². The standard InChI is InChI=1S/C19H29N3O3/c1-16-4-3-5-18(14-16)15-20-19(24)6-7-22(17(2)23)9-8-21-10-12-25-13-11-21/h3-5,14H,6-13,15H2,1-2H3,(H,20,24). The molecule has 1 fully saturated rings. The molecule has 1 heterocycles. The maximum atomic E-state index is 12.1. The first kappa shape index (κ1) is 19.4. The van der Waals surface area contributed by atoms with Crippen molar-refractivity contribution in [1.29, 1.82) is 0 Å². The number of nitrogens with one attached hydrogen (secondary N) is 1. The first-order chi connectivity index (χ1) is 12.0. The summed E-state index contributed by atoms with van der Waals surface area (Å²) < 4.78 is 5.33. The van der Waals surface area contributed by atoms with Crippen LogP contribution < -0.4 is 5.32 Å². The van der Waals surface area contributed by atoms with Crippen molar-refractivity contribution in [3.8, 4) is 0 Å². The maximum absolute atomic E-state index is 12.1. The van der Waals surface area contributed by atoms with Gasteiger partial charge in [-0.25, -0.2) is 0 Å². The lowest BCUT2D eigenvalue weighted by Crippen LogP contribution is -2.43. The van der Waals surface area contributed by atoms with E-state index in [-0.39, 0.29) is 11.8 Å². The van der Waals surface area contributed by atoms with Crippen molar-refractivity contribution in [3.05, 3.63) is 35.4 Å². The quantitative estimate of drug-likeness (QED) is 0.767. The average molecular weight is 347 g/mol. The normalized spacial score (nSPS) is 15.0. The SMILES string of the molecule is CC(=O)N(CCC(=O)NCc1cccc(C)c1)CCN1CCOCC1. The summed E-state index contributed by atoms with van der Waals surface area (Å²) in [6.07, 6.45) is 0.328. The third-order valence-corrected chi connectivity index (χ3v) is 4.42. The molecule has 25 heavy (non-hydrogen) atoms. The summed E-state index contributed by atoms with van der Waals surface area (Å²) in [6.45, 7) is 9.37. The van der Waals surface area contributed by atoms with Crippen molar-refractivity contribution in [2.24, 2.45) is 0 Å². The molecule has 2 rings (SSSR count). The van der Waals surface area contributed by atoms with Crippen LogP contribution in [0.15, 0.2) is 24.3 Å². The third kappa shape index (κ3) is 7.23. The van der Waals surface area contributed by atoms with E-state index < -0.39 is 0 Å². The Morgan fingerprint density at radius 1 is 1.24 bits per heavy atom. The lowest BCUT2D eigenvalue weighted by molar-refractivity contribution is -0.130. The van der Waals surface area contributed by atoms with Crippen molar-refractivity contribution in [3.63, 3.8) is 0 Å². The largest absolute Gasteiger partial charge is 0.379 e. The van der Waals surface area contributed by atoms with Crippen molar-refractivity contribution in [1.82, 2.24) is 15.1 Å². The maximum Gasteiger partial charge on any atom is 0.222 e. The van der Waals surface area contributed by atoms with Crippen molar-refractivity contribution in [2.45, 2.75) is 26.8 Å². The zero-order valence-electron chi connectivity index (χ0n) is 15.3. The molecule has 6 nitrogen and oxygen atoms in total. The summed E-state index contributed by atoms with van der Waals surface area (Å²) >= 11 is 0. The number of ether oxygens (including phenoxy) is 1. The van der Waals surface area contributed by atoms with Crippen LogP contribution >= 0.6 is 0 Å². The van der Waals surface area contributed by atoms with Crippen LogP contribution in [0.3, 0.4) is 0 Å². The second-order valence-corrected chi connectivity index (χ2v) is 6.48. The summed E-state index contributed by atoms with van der Waals surface area (Å²) in [7, 11) is 0. The van der Waals surface area contributed by atoms with Gasteiger partial charge in [0, 0.05) is 52.6 Å². The smallest absolute Gasteiger partial charge is 0.222 e. The van der Waals surface area contributed by atoms with Gasteiger partial charge in [0.05, 0.1) is 13.2 Å². The summed E-state index contributed by atoms with van der Waals surface area (Å²) in [6, 6.07) is 8.08. The Morgan fingerprint density at radius 2 is 2.00 bits per heavy atom. The van der Waals surface area contributed by atoms with E-state index in [1.807, 2.05) is 25.1 Å². The molecule has 0 aliphatic carbocycles. The molecule has 0 bridgehead atoms. The zero-order chi connectivity index (χ0) is 18.1. The van der Waals surface area contributed by atoms with Gasteiger partial charge in [0.2, 0.25) is 11.8 Å². The number of hydrogen-bond donors (Lipinski definition) is 1. The van der Waals surface area contributed by atoms with Crippen molar-refractivity contribution >= 4 is 11.8 Å². The highest BCUT2D eigenvalue weighted by atomic mass is 16.5. The van der Waals surface area contributed by atoms with Crippen LogP contribution in [-0.2, 0) is 20.9 Å². The molecule has 6 heteroatoms. The highest BCUT2D eigenvalue weighted by molar-refractivity contribution is 5.78. The summed E-state index contributed by atoms with van der Waals surface area (Å²) in [4.78, 5) is 27.9. The van der Waals surface area contributed by atoms with Gasteiger partial charge in [0.15, 0.2) is 0 Å². The topological polar surface area (TPSA) is 61.9 Å². The van der Waals surface area contributed by atoms with E-state index in [1.165, 1.54) is 5.56 Å². The number of aryl methyl sites for hydroxylation is 1. The third-order valence-electron chi connectivity index (χ3n) is 4.42. The van der Waals surface area contributed by atoms with Gasteiger partial charge in [-0.1, -0.05) is 29.8 Å². The fourth-order valence-corrected chi connectivity index (χ4v) is 2.86. The van der Waals surface area contributed by atoms with E-state index >= 15 is 0 Å². The Balaban J connectivity index is 1.70. The van der Waals surface area contributed by atoms with E-state index in [0.717, 1.165) is 38.4 Å².